The molecule has 1 heterocycles. The van der Waals surface area contributed by atoms with Crippen LogP contribution in [0.3, 0.4) is 0 Å². The third kappa shape index (κ3) is 3.48. The molecule has 2 N–H and O–H groups in total. The second-order valence-corrected chi connectivity index (χ2v) is 6.95. The van der Waals surface area contributed by atoms with Gasteiger partial charge in [-0.15, -0.1) is 0 Å². The predicted molar refractivity (Wildman–Crippen MR) is 99.4 cm³/mol. The summed E-state index contributed by atoms with van der Waals surface area (Å²) in [5.74, 6) is -0.327. The lowest BCUT2D eigenvalue weighted by Crippen LogP contribution is -2.47. The molecular formula is C21H24N2O3. The van der Waals surface area contributed by atoms with Crippen LogP contribution < -0.4 is 5.32 Å². The van der Waals surface area contributed by atoms with Gasteiger partial charge in [0, 0.05) is 12.1 Å². The van der Waals surface area contributed by atoms with E-state index in [-0.39, 0.29) is 30.4 Å². The first-order valence-electron chi connectivity index (χ1n) is 8.88. The molecule has 136 valence electrons. The van der Waals surface area contributed by atoms with Gasteiger partial charge in [0.25, 0.3) is 5.91 Å². The summed E-state index contributed by atoms with van der Waals surface area (Å²) in [5.41, 5.74) is 2.32. The van der Waals surface area contributed by atoms with Gasteiger partial charge in [0.15, 0.2) is 0 Å². The molecule has 5 heteroatoms. The predicted octanol–water partition coefficient (Wildman–Crippen LogP) is 2.52. The first kappa shape index (κ1) is 18.1. The van der Waals surface area contributed by atoms with E-state index in [1.165, 1.54) is 0 Å². The maximum absolute atomic E-state index is 13.1. The molecular weight excluding hydrogens is 328 g/mol. The zero-order valence-electron chi connectivity index (χ0n) is 15.1. The van der Waals surface area contributed by atoms with E-state index in [0.717, 1.165) is 11.1 Å². The Kier molecular flexibility index (Phi) is 5.38. The van der Waals surface area contributed by atoms with Gasteiger partial charge in [0.1, 0.15) is 6.04 Å². The van der Waals surface area contributed by atoms with E-state index in [4.69, 9.17) is 0 Å². The maximum Gasteiger partial charge on any atom is 0.255 e. The third-order valence-electron chi connectivity index (χ3n) is 4.85. The molecule has 2 atom stereocenters. The molecule has 0 saturated carbocycles. The van der Waals surface area contributed by atoms with Gasteiger partial charge < -0.3 is 15.3 Å². The summed E-state index contributed by atoms with van der Waals surface area (Å²) in [6, 6.07) is 15.6. The van der Waals surface area contributed by atoms with Crippen molar-refractivity contribution in [1.29, 1.82) is 0 Å². The Morgan fingerprint density at radius 2 is 1.77 bits per heavy atom. The van der Waals surface area contributed by atoms with Crippen molar-refractivity contribution in [2.24, 2.45) is 5.92 Å². The lowest BCUT2D eigenvalue weighted by atomic mass is 10.0. The van der Waals surface area contributed by atoms with Gasteiger partial charge in [-0.3, -0.25) is 9.59 Å². The Labute approximate surface area is 153 Å². The van der Waals surface area contributed by atoms with Crippen LogP contribution >= 0.6 is 0 Å². The maximum atomic E-state index is 13.1. The smallest absolute Gasteiger partial charge is 0.255 e. The van der Waals surface area contributed by atoms with Crippen molar-refractivity contribution in [3.8, 4) is 0 Å². The number of hydrogen-bond acceptors (Lipinski definition) is 3. The van der Waals surface area contributed by atoms with Gasteiger partial charge in [-0.05, 0) is 23.1 Å². The molecule has 2 amide bonds. The van der Waals surface area contributed by atoms with Crippen LogP contribution in [0.2, 0.25) is 0 Å². The average Bonchev–Trinajstić information content (AvgIpc) is 2.97. The third-order valence-corrected chi connectivity index (χ3v) is 4.85. The van der Waals surface area contributed by atoms with E-state index >= 15 is 0 Å². The number of aliphatic hydroxyl groups excluding tert-OH is 1. The molecule has 5 nitrogen and oxygen atoms in total. The summed E-state index contributed by atoms with van der Waals surface area (Å²) in [6.45, 7) is 4.14. The van der Waals surface area contributed by atoms with E-state index in [0.29, 0.717) is 12.1 Å². The van der Waals surface area contributed by atoms with Crippen molar-refractivity contribution >= 4 is 11.8 Å². The Morgan fingerprint density at radius 3 is 2.38 bits per heavy atom. The van der Waals surface area contributed by atoms with Crippen molar-refractivity contribution in [2.75, 3.05) is 6.61 Å². The molecule has 1 aliphatic rings. The first-order valence-corrected chi connectivity index (χ1v) is 8.88. The molecule has 2 aromatic rings. The number of nitrogens with zero attached hydrogens (tertiary/aromatic N) is 1. The van der Waals surface area contributed by atoms with Crippen LogP contribution in [0, 0.1) is 5.92 Å². The highest BCUT2D eigenvalue weighted by molar-refractivity contribution is 6.01. The molecule has 0 aromatic heterocycles. The molecule has 26 heavy (non-hydrogen) atoms. The quantitative estimate of drug-likeness (QED) is 0.839. The van der Waals surface area contributed by atoms with E-state index in [1.54, 1.807) is 11.0 Å². The first-order chi connectivity index (χ1) is 12.5. The Bertz CT molecular complexity index is 789. The molecule has 0 bridgehead atoms. The minimum absolute atomic E-state index is 0.0897. The summed E-state index contributed by atoms with van der Waals surface area (Å²) in [4.78, 5) is 27.6. The summed E-state index contributed by atoms with van der Waals surface area (Å²) in [7, 11) is 0. The van der Waals surface area contributed by atoms with Crippen molar-refractivity contribution in [1.82, 2.24) is 10.2 Å². The van der Waals surface area contributed by atoms with Crippen LogP contribution in [-0.4, -0.2) is 34.5 Å². The Morgan fingerprint density at radius 1 is 1.12 bits per heavy atom. The number of benzene rings is 2. The van der Waals surface area contributed by atoms with Gasteiger partial charge in [-0.25, -0.2) is 0 Å². The fraction of sp³-hybridized carbons (Fsp3) is 0.333. The van der Waals surface area contributed by atoms with Gasteiger partial charge in [0.2, 0.25) is 5.91 Å². The fourth-order valence-electron chi connectivity index (χ4n) is 3.28. The topological polar surface area (TPSA) is 69.6 Å². The van der Waals surface area contributed by atoms with E-state index in [2.05, 4.69) is 5.32 Å². The number of amides is 2. The van der Waals surface area contributed by atoms with Crippen LogP contribution in [0.1, 0.15) is 41.4 Å². The Balaban J connectivity index is 1.93. The van der Waals surface area contributed by atoms with Crippen molar-refractivity contribution in [3.05, 3.63) is 71.3 Å². The summed E-state index contributed by atoms with van der Waals surface area (Å²) in [6.07, 6.45) is 0. The monoisotopic (exact) mass is 352 g/mol. The highest BCUT2D eigenvalue weighted by Gasteiger charge is 2.37. The molecule has 1 aliphatic heterocycles. The fourth-order valence-corrected chi connectivity index (χ4v) is 3.28. The standard InChI is InChI=1S/C21H24N2O3/c1-14(2)18(13-24)22-20(25)19(15-8-4-3-5-9-15)23-12-16-10-6-7-11-17(16)21(23)26/h3-11,14,18-19,24H,12-13H2,1-2H3,(H,22,25)/t18-,19-/m1/s1. The largest absolute Gasteiger partial charge is 0.394 e. The normalized spacial score (nSPS) is 15.7. The lowest BCUT2D eigenvalue weighted by Gasteiger charge is -2.30. The summed E-state index contributed by atoms with van der Waals surface area (Å²) >= 11 is 0. The number of rotatable bonds is 6. The Hall–Kier alpha value is -2.66. The summed E-state index contributed by atoms with van der Waals surface area (Å²) < 4.78 is 0. The SMILES string of the molecule is CC(C)[C@@H](CO)NC(=O)[C@@H](c1ccccc1)N1Cc2ccccc2C1=O. The van der Waals surface area contributed by atoms with Crippen LogP contribution in [-0.2, 0) is 11.3 Å². The molecule has 0 spiro atoms. The minimum Gasteiger partial charge on any atom is -0.394 e. The molecule has 0 unspecified atom stereocenters. The molecule has 0 radical (unpaired) electrons. The van der Waals surface area contributed by atoms with Crippen LogP contribution in [0.5, 0.6) is 0 Å². The summed E-state index contributed by atoms with van der Waals surface area (Å²) in [5, 5.41) is 12.5. The zero-order valence-corrected chi connectivity index (χ0v) is 15.1. The van der Waals surface area contributed by atoms with E-state index < -0.39 is 6.04 Å². The van der Waals surface area contributed by atoms with Crippen molar-refractivity contribution in [3.63, 3.8) is 0 Å². The van der Waals surface area contributed by atoms with E-state index in [1.807, 2.05) is 62.4 Å². The number of nitrogens with one attached hydrogen (secondary N) is 1. The molecule has 3 rings (SSSR count). The van der Waals surface area contributed by atoms with E-state index in [9.17, 15) is 14.7 Å². The average molecular weight is 352 g/mol. The number of fused-ring (bicyclic) bond motifs is 1. The highest BCUT2D eigenvalue weighted by atomic mass is 16.3. The number of hydrogen-bond donors (Lipinski definition) is 2. The molecule has 0 fully saturated rings. The second kappa shape index (κ2) is 7.70. The second-order valence-electron chi connectivity index (χ2n) is 6.95. The van der Waals surface area contributed by atoms with Gasteiger partial charge in [0.05, 0.1) is 12.6 Å². The number of carbonyl (C=O) groups is 2. The van der Waals surface area contributed by atoms with Crippen molar-refractivity contribution < 1.29 is 14.7 Å². The minimum atomic E-state index is -0.733. The van der Waals surface area contributed by atoms with Crippen molar-refractivity contribution in [2.45, 2.75) is 32.5 Å². The lowest BCUT2D eigenvalue weighted by molar-refractivity contribution is -0.127. The zero-order chi connectivity index (χ0) is 18.7. The van der Waals surface area contributed by atoms with Crippen LogP contribution in [0.15, 0.2) is 54.6 Å². The number of carbonyl (C=O) groups excluding carboxylic acids is 2. The number of aliphatic hydroxyl groups is 1. The van der Waals surface area contributed by atoms with Crippen LogP contribution in [0.25, 0.3) is 0 Å². The van der Waals surface area contributed by atoms with Gasteiger partial charge in [-0.1, -0.05) is 62.4 Å². The molecule has 0 aliphatic carbocycles. The van der Waals surface area contributed by atoms with Gasteiger partial charge in [-0.2, -0.15) is 0 Å². The molecule has 0 saturated heterocycles. The highest BCUT2D eigenvalue weighted by Crippen LogP contribution is 2.31. The van der Waals surface area contributed by atoms with Gasteiger partial charge >= 0.3 is 0 Å². The van der Waals surface area contributed by atoms with Crippen LogP contribution in [0.4, 0.5) is 0 Å². The molecule has 2 aromatic carbocycles.